The normalized spacial score (nSPS) is 11.8. The van der Waals surface area contributed by atoms with Crippen LogP contribution >= 0.6 is 39.0 Å². The van der Waals surface area contributed by atoms with Gasteiger partial charge in [-0.05, 0) is 84.8 Å². The van der Waals surface area contributed by atoms with Crippen LogP contribution in [0, 0.1) is 0 Å². The summed E-state index contributed by atoms with van der Waals surface area (Å²) in [6, 6.07) is 30.9. The third-order valence-corrected chi connectivity index (χ3v) is 9.51. The lowest BCUT2D eigenvalue weighted by atomic mass is 10.1. The molecule has 3 N–H and O–H groups in total. The van der Waals surface area contributed by atoms with Gasteiger partial charge in [0.2, 0.25) is 5.91 Å². The summed E-state index contributed by atoms with van der Waals surface area (Å²) in [6.07, 6.45) is 2.20. The van der Waals surface area contributed by atoms with E-state index in [0.29, 0.717) is 22.8 Å². The van der Waals surface area contributed by atoms with Crippen LogP contribution in [0.25, 0.3) is 17.3 Å². The number of carbonyl (C=O) groups excluding carboxylic acids is 3. The zero-order valence-electron chi connectivity index (χ0n) is 25.5. The van der Waals surface area contributed by atoms with Crippen LogP contribution in [0.4, 0.5) is 10.8 Å². The fraction of sp³-hybridized carbons (Fsp3) is 0.111. The number of aromatic nitrogens is 1. The first-order chi connectivity index (χ1) is 22.8. The van der Waals surface area contributed by atoms with Gasteiger partial charge in [-0.25, -0.2) is 4.98 Å². The van der Waals surface area contributed by atoms with E-state index in [2.05, 4.69) is 36.9 Å². The first-order valence-corrected chi connectivity index (χ1v) is 17.2. The summed E-state index contributed by atoms with van der Waals surface area (Å²) in [5, 5.41) is 10.6. The summed E-state index contributed by atoms with van der Waals surface area (Å²) in [5.41, 5.74) is 3.48. The zero-order chi connectivity index (χ0) is 33.2. The molecule has 1 aromatic heterocycles. The van der Waals surface area contributed by atoms with Crippen LogP contribution in [-0.2, 0) is 9.59 Å². The highest BCUT2D eigenvalue weighted by Crippen LogP contribution is 2.31. The number of nitrogens with one attached hydrogen (secondary N) is 3. The third-order valence-electron chi connectivity index (χ3n) is 6.86. The molecule has 0 bridgehead atoms. The van der Waals surface area contributed by atoms with Crippen LogP contribution in [0.1, 0.15) is 29.3 Å². The highest BCUT2D eigenvalue weighted by molar-refractivity contribution is 9.10. The Kier molecular flexibility index (Phi) is 11.6. The van der Waals surface area contributed by atoms with E-state index in [4.69, 9.17) is 4.74 Å². The number of amides is 3. The van der Waals surface area contributed by atoms with E-state index >= 15 is 0 Å². The minimum Gasteiger partial charge on any atom is -0.497 e. The predicted octanol–water partition coefficient (Wildman–Crippen LogP) is 8.50. The van der Waals surface area contributed by atoms with Crippen molar-refractivity contribution in [2.45, 2.75) is 23.5 Å². The van der Waals surface area contributed by atoms with Crippen LogP contribution < -0.4 is 20.7 Å². The van der Waals surface area contributed by atoms with Crippen LogP contribution in [0.3, 0.4) is 0 Å². The van der Waals surface area contributed by atoms with Gasteiger partial charge >= 0.3 is 0 Å². The second-order valence-corrected chi connectivity index (χ2v) is 13.2. The lowest BCUT2D eigenvalue weighted by molar-refractivity contribution is -0.116. The fourth-order valence-corrected chi connectivity index (χ4v) is 6.41. The van der Waals surface area contributed by atoms with Crippen molar-refractivity contribution in [2.75, 3.05) is 17.7 Å². The van der Waals surface area contributed by atoms with E-state index in [-0.39, 0.29) is 11.6 Å². The standard InChI is InChI=1S/C36H31BrN4O4S2/c1-3-32(35(44)41-36-40-31(22-46-36)24-14-18-28(45-2)19-15-24)47-29-11-7-10-27(21-29)38-34(43)30(20-23-12-16-26(37)17-13-23)39-33(42)25-8-5-4-6-9-25/h4-22,32H,3H2,1-2H3,(H,38,43)(H,39,42)(H,40,41,44)/b30-20-. The van der Waals surface area contributed by atoms with Gasteiger partial charge in [0.15, 0.2) is 5.13 Å². The van der Waals surface area contributed by atoms with E-state index in [1.165, 1.54) is 23.1 Å². The molecule has 0 fully saturated rings. The molecule has 0 aliphatic heterocycles. The van der Waals surface area contributed by atoms with Gasteiger partial charge in [0.05, 0.1) is 18.1 Å². The number of nitrogens with zero attached hydrogens (tertiary/aromatic N) is 1. The van der Waals surface area contributed by atoms with Crippen LogP contribution in [0.2, 0.25) is 0 Å². The highest BCUT2D eigenvalue weighted by atomic mass is 79.9. The molecule has 1 heterocycles. The molecule has 3 amide bonds. The molecule has 0 spiro atoms. The van der Waals surface area contributed by atoms with E-state index in [0.717, 1.165) is 31.9 Å². The summed E-state index contributed by atoms with van der Waals surface area (Å²) >= 11 is 6.18. The maximum absolute atomic E-state index is 13.5. The van der Waals surface area contributed by atoms with Gasteiger partial charge < -0.3 is 20.7 Å². The van der Waals surface area contributed by atoms with Gasteiger partial charge in [0.25, 0.3) is 11.8 Å². The molecule has 8 nitrogen and oxygen atoms in total. The summed E-state index contributed by atoms with van der Waals surface area (Å²) in [7, 11) is 1.62. The quantitative estimate of drug-likeness (QED) is 0.0879. The van der Waals surface area contributed by atoms with Crippen molar-refractivity contribution in [3.8, 4) is 17.0 Å². The molecular weight excluding hydrogens is 696 g/mol. The summed E-state index contributed by atoms with van der Waals surface area (Å²) in [5.74, 6) is -0.288. The Morgan fingerprint density at radius 2 is 1.68 bits per heavy atom. The van der Waals surface area contributed by atoms with Gasteiger partial charge in [-0.15, -0.1) is 23.1 Å². The molecule has 1 unspecified atom stereocenters. The molecule has 0 saturated carbocycles. The largest absolute Gasteiger partial charge is 0.497 e. The molecule has 1 atom stereocenters. The number of hydrogen-bond donors (Lipinski definition) is 3. The Hall–Kier alpha value is -4.71. The molecule has 4 aromatic carbocycles. The van der Waals surface area contributed by atoms with Crippen molar-refractivity contribution in [1.82, 2.24) is 10.3 Å². The smallest absolute Gasteiger partial charge is 0.272 e. The van der Waals surface area contributed by atoms with E-state index < -0.39 is 17.1 Å². The second-order valence-electron chi connectivity index (χ2n) is 10.2. The minimum atomic E-state index is -0.486. The average Bonchev–Trinajstić information content (AvgIpc) is 3.56. The maximum Gasteiger partial charge on any atom is 0.272 e. The third kappa shape index (κ3) is 9.41. The zero-order valence-corrected chi connectivity index (χ0v) is 28.7. The van der Waals surface area contributed by atoms with E-state index in [9.17, 15) is 14.4 Å². The molecule has 5 aromatic rings. The minimum absolute atomic E-state index is 0.0856. The Labute approximate surface area is 289 Å². The summed E-state index contributed by atoms with van der Waals surface area (Å²) in [6.45, 7) is 1.95. The molecule has 47 heavy (non-hydrogen) atoms. The molecule has 5 rings (SSSR count). The number of rotatable bonds is 12. The molecule has 0 aliphatic rings. The fourth-order valence-electron chi connectivity index (χ4n) is 4.41. The van der Waals surface area contributed by atoms with Gasteiger partial charge in [-0.2, -0.15) is 0 Å². The average molecular weight is 728 g/mol. The Morgan fingerprint density at radius 1 is 0.936 bits per heavy atom. The number of thiazole rings is 1. The Balaban J connectivity index is 1.26. The lowest BCUT2D eigenvalue weighted by Crippen LogP contribution is -2.30. The van der Waals surface area contributed by atoms with Crippen LogP contribution in [0.5, 0.6) is 5.75 Å². The molecular formula is C36H31BrN4O4S2. The Morgan fingerprint density at radius 3 is 2.38 bits per heavy atom. The number of anilines is 2. The molecule has 11 heteroatoms. The van der Waals surface area contributed by atoms with Gasteiger partial charge in [0, 0.05) is 31.6 Å². The van der Waals surface area contributed by atoms with Crippen molar-refractivity contribution in [3.05, 3.63) is 130 Å². The van der Waals surface area contributed by atoms with E-state index in [1.54, 1.807) is 49.6 Å². The predicted molar refractivity (Wildman–Crippen MR) is 194 cm³/mol. The molecule has 0 saturated heterocycles. The number of ether oxygens (including phenoxy) is 1. The number of carbonyl (C=O) groups is 3. The summed E-state index contributed by atoms with van der Waals surface area (Å²) in [4.78, 5) is 45.1. The maximum atomic E-state index is 13.5. The summed E-state index contributed by atoms with van der Waals surface area (Å²) < 4.78 is 6.12. The lowest BCUT2D eigenvalue weighted by Gasteiger charge is -2.15. The molecule has 238 valence electrons. The number of halogens is 1. The van der Waals surface area contributed by atoms with Crippen molar-refractivity contribution < 1.29 is 19.1 Å². The van der Waals surface area contributed by atoms with Crippen molar-refractivity contribution in [3.63, 3.8) is 0 Å². The number of benzene rings is 4. The second kappa shape index (κ2) is 16.2. The van der Waals surface area contributed by atoms with Gasteiger partial charge in [-0.3, -0.25) is 14.4 Å². The Bertz CT molecular complexity index is 1880. The van der Waals surface area contributed by atoms with Gasteiger partial charge in [-0.1, -0.05) is 59.3 Å². The number of thioether (sulfide) groups is 1. The van der Waals surface area contributed by atoms with Gasteiger partial charge in [0.1, 0.15) is 11.4 Å². The SMILES string of the molecule is CCC(Sc1cccc(NC(=O)/C(=C/c2ccc(Br)cc2)NC(=O)c2ccccc2)c1)C(=O)Nc1nc(-c2ccc(OC)cc2)cs1. The number of methoxy groups -OCH3 is 1. The van der Waals surface area contributed by atoms with Crippen LogP contribution in [0.15, 0.2) is 124 Å². The van der Waals surface area contributed by atoms with E-state index in [1.807, 2.05) is 79.0 Å². The van der Waals surface area contributed by atoms with Crippen LogP contribution in [-0.4, -0.2) is 35.1 Å². The first-order valence-electron chi connectivity index (χ1n) is 14.6. The molecule has 0 radical (unpaired) electrons. The molecule has 0 aliphatic carbocycles. The monoisotopic (exact) mass is 726 g/mol. The van der Waals surface area contributed by atoms with Crippen molar-refractivity contribution in [2.24, 2.45) is 0 Å². The van der Waals surface area contributed by atoms with Crippen molar-refractivity contribution >= 4 is 73.6 Å². The number of hydrogen-bond acceptors (Lipinski definition) is 7. The topological polar surface area (TPSA) is 109 Å². The highest BCUT2D eigenvalue weighted by Gasteiger charge is 2.21. The van der Waals surface area contributed by atoms with Crippen molar-refractivity contribution in [1.29, 1.82) is 0 Å². The first kappa shape index (κ1) is 33.6.